The van der Waals surface area contributed by atoms with E-state index in [1.165, 1.54) is 6.20 Å². The molecule has 0 atom stereocenters. The fourth-order valence-corrected chi connectivity index (χ4v) is 2.09. The zero-order valence-electron chi connectivity index (χ0n) is 7.19. The van der Waals surface area contributed by atoms with E-state index < -0.39 is 10.0 Å². The Bertz CT molecular complexity index is 586. The largest absolute Gasteiger partial charge is 0.397 e. The molecule has 0 unspecified atom stereocenters. The Morgan fingerprint density at radius 1 is 1.29 bits per heavy atom. The molecular weight excluding hydrogens is 202 g/mol. The molecule has 74 valence electrons. The second kappa shape index (κ2) is 2.73. The van der Waals surface area contributed by atoms with Crippen LogP contribution >= 0.6 is 0 Å². The molecule has 14 heavy (non-hydrogen) atoms. The maximum Gasteiger partial charge on any atom is 0.240 e. The van der Waals surface area contributed by atoms with Gasteiger partial charge in [0.1, 0.15) is 4.90 Å². The van der Waals surface area contributed by atoms with E-state index in [1.54, 1.807) is 18.2 Å². The number of para-hydroxylation sites is 1. The highest BCUT2D eigenvalue weighted by atomic mass is 32.2. The summed E-state index contributed by atoms with van der Waals surface area (Å²) in [5.74, 6) is 0. The molecule has 1 aromatic carbocycles. The maximum absolute atomic E-state index is 11.1. The van der Waals surface area contributed by atoms with Crippen LogP contribution in [0.15, 0.2) is 29.3 Å². The van der Waals surface area contributed by atoms with Crippen molar-refractivity contribution >= 4 is 26.6 Å². The summed E-state index contributed by atoms with van der Waals surface area (Å²) in [4.78, 5) is 2.85. The summed E-state index contributed by atoms with van der Waals surface area (Å²) in [6.07, 6.45) is 1.34. The quantitative estimate of drug-likeness (QED) is 0.595. The number of benzene rings is 1. The molecule has 0 saturated heterocycles. The lowest BCUT2D eigenvalue weighted by Gasteiger charge is -1.96. The van der Waals surface area contributed by atoms with Crippen molar-refractivity contribution in [2.24, 2.45) is 5.14 Å². The Morgan fingerprint density at radius 2 is 2.00 bits per heavy atom. The summed E-state index contributed by atoms with van der Waals surface area (Å²) >= 11 is 0. The Balaban J connectivity index is 2.90. The maximum atomic E-state index is 11.1. The van der Waals surface area contributed by atoms with Crippen LogP contribution in [0.2, 0.25) is 0 Å². The Kier molecular flexibility index (Phi) is 1.76. The van der Waals surface area contributed by atoms with Gasteiger partial charge in [0.25, 0.3) is 0 Å². The number of fused-ring (bicyclic) bond motifs is 1. The van der Waals surface area contributed by atoms with Crippen molar-refractivity contribution in [3.05, 3.63) is 24.4 Å². The van der Waals surface area contributed by atoms with Crippen LogP contribution in [0, 0.1) is 0 Å². The molecule has 5 N–H and O–H groups in total. The highest BCUT2D eigenvalue weighted by Crippen LogP contribution is 2.25. The minimum atomic E-state index is -3.69. The van der Waals surface area contributed by atoms with Gasteiger partial charge in [-0.3, -0.25) is 0 Å². The van der Waals surface area contributed by atoms with Crippen LogP contribution in [0.4, 0.5) is 5.69 Å². The summed E-state index contributed by atoms with van der Waals surface area (Å²) in [5.41, 5.74) is 6.74. The van der Waals surface area contributed by atoms with Crippen LogP contribution in [0.1, 0.15) is 0 Å². The third-order valence-corrected chi connectivity index (χ3v) is 2.97. The molecule has 0 bridgehead atoms. The van der Waals surface area contributed by atoms with Crippen LogP contribution in [-0.2, 0) is 10.0 Å². The topological polar surface area (TPSA) is 102 Å². The predicted molar refractivity (Wildman–Crippen MR) is 54.1 cm³/mol. The van der Waals surface area contributed by atoms with Gasteiger partial charge >= 0.3 is 0 Å². The van der Waals surface area contributed by atoms with Crippen LogP contribution in [0.25, 0.3) is 10.9 Å². The molecule has 2 aromatic rings. The molecule has 0 spiro atoms. The number of nitrogens with one attached hydrogen (secondary N) is 1. The van der Waals surface area contributed by atoms with Gasteiger partial charge in [0, 0.05) is 11.6 Å². The minimum Gasteiger partial charge on any atom is -0.397 e. The second-order valence-corrected chi connectivity index (χ2v) is 4.50. The molecule has 5 nitrogen and oxygen atoms in total. The van der Waals surface area contributed by atoms with Crippen LogP contribution in [0.5, 0.6) is 0 Å². The Morgan fingerprint density at radius 3 is 2.64 bits per heavy atom. The summed E-state index contributed by atoms with van der Waals surface area (Å²) in [6, 6.07) is 5.02. The lowest BCUT2D eigenvalue weighted by Crippen LogP contribution is -2.11. The molecule has 0 aliphatic heterocycles. The van der Waals surface area contributed by atoms with Crippen molar-refractivity contribution in [3.63, 3.8) is 0 Å². The van der Waals surface area contributed by atoms with Gasteiger partial charge in [-0.1, -0.05) is 12.1 Å². The smallest absolute Gasteiger partial charge is 0.240 e. The van der Waals surface area contributed by atoms with E-state index in [9.17, 15) is 8.42 Å². The van der Waals surface area contributed by atoms with Crippen molar-refractivity contribution in [2.75, 3.05) is 5.73 Å². The third kappa shape index (κ3) is 1.24. The third-order valence-electron chi connectivity index (χ3n) is 2.02. The number of rotatable bonds is 1. The van der Waals surface area contributed by atoms with Gasteiger partial charge in [-0.05, 0) is 6.07 Å². The molecule has 1 aromatic heterocycles. The Labute approximate surface area is 80.8 Å². The molecule has 0 aliphatic rings. The first-order chi connectivity index (χ1) is 6.50. The van der Waals surface area contributed by atoms with Gasteiger partial charge < -0.3 is 10.7 Å². The van der Waals surface area contributed by atoms with E-state index in [2.05, 4.69) is 4.98 Å². The molecule has 0 aliphatic carbocycles. The number of hydrogen-bond donors (Lipinski definition) is 3. The van der Waals surface area contributed by atoms with E-state index in [1.807, 2.05) is 0 Å². The zero-order chi connectivity index (χ0) is 10.3. The number of sulfonamides is 1. The van der Waals surface area contributed by atoms with Crippen molar-refractivity contribution in [1.29, 1.82) is 0 Å². The fraction of sp³-hybridized carbons (Fsp3) is 0. The van der Waals surface area contributed by atoms with Crippen molar-refractivity contribution in [2.45, 2.75) is 4.90 Å². The molecule has 0 amide bonds. The summed E-state index contributed by atoms with van der Waals surface area (Å²) < 4.78 is 22.3. The average Bonchev–Trinajstić information content (AvgIpc) is 2.47. The SMILES string of the molecule is Nc1cccc2c(S(N)(=O)=O)c[nH]c12. The van der Waals surface area contributed by atoms with Crippen LogP contribution in [-0.4, -0.2) is 13.4 Å². The Hall–Kier alpha value is -1.53. The highest BCUT2D eigenvalue weighted by molar-refractivity contribution is 7.89. The van der Waals surface area contributed by atoms with Crippen LogP contribution < -0.4 is 10.9 Å². The number of H-pyrrole nitrogens is 1. The molecule has 1 heterocycles. The molecule has 0 radical (unpaired) electrons. The van der Waals surface area contributed by atoms with E-state index in [4.69, 9.17) is 10.9 Å². The van der Waals surface area contributed by atoms with Gasteiger partial charge in [-0.2, -0.15) is 0 Å². The number of nitrogens with two attached hydrogens (primary N) is 2. The first kappa shape index (κ1) is 9.04. The fourth-order valence-electron chi connectivity index (χ4n) is 1.39. The predicted octanol–water partition coefficient (Wildman–Crippen LogP) is 0.397. The first-order valence-corrected chi connectivity index (χ1v) is 5.43. The minimum absolute atomic E-state index is 0.0693. The summed E-state index contributed by atoms with van der Waals surface area (Å²) in [7, 11) is -3.69. The van der Waals surface area contributed by atoms with Crippen LogP contribution in [0.3, 0.4) is 0 Å². The number of hydrogen-bond acceptors (Lipinski definition) is 3. The standard InChI is InChI=1S/C8H9N3O2S/c9-6-3-1-2-5-7(14(10,12)13)4-11-8(5)6/h1-4,11H,9H2,(H2,10,12,13). The van der Waals surface area contributed by atoms with E-state index in [0.717, 1.165) is 0 Å². The van der Waals surface area contributed by atoms with Crippen molar-refractivity contribution < 1.29 is 8.42 Å². The van der Waals surface area contributed by atoms with Gasteiger partial charge in [-0.25, -0.2) is 13.6 Å². The number of aromatic amines is 1. The normalized spacial score (nSPS) is 12.1. The summed E-state index contributed by atoms with van der Waals surface area (Å²) in [6.45, 7) is 0. The lowest BCUT2D eigenvalue weighted by atomic mass is 10.2. The monoisotopic (exact) mass is 211 g/mol. The molecule has 6 heteroatoms. The van der Waals surface area contributed by atoms with E-state index >= 15 is 0 Å². The average molecular weight is 211 g/mol. The van der Waals surface area contributed by atoms with Gasteiger partial charge in [-0.15, -0.1) is 0 Å². The van der Waals surface area contributed by atoms with Gasteiger partial charge in [0.2, 0.25) is 10.0 Å². The number of nitrogen functional groups attached to an aromatic ring is 1. The first-order valence-electron chi connectivity index (χ1n) is 3.88. The van der Waals surface area contributed by atoms with Gasteiger partial charge in [0.05, 0.1) is 11.2 Å². The van der Waals surface area contributed by atoms with Gasteiger partial charge in [0.15, 0.2) is 0 Å². The molecular formula is C8H9N3O2S. The molecule has 0 saturated carbocycles. The molecule has 0 fully saturated rings. The van der Waals surface area contributed by atoms with Crippen molar-refractivity contribution in [1.82, 2.24) is 4.98 Å². The lowest BCUT2D eigenvalue weighted by molar-refractivity contribution is 0.598. The van der Waals surface area contributed by atoms with E-state index in [-0.39, 0.29) is 4.90 Å². The second-order valence-electron chi connectivity index (χ2n) is 2.97. The zero-order valence-corrected chi connectivity index (χ0v) is 8.01. The summed E-state index contributed by atoms with van der Waals surface area (Å²) in [5, 5.41) is 5.55. The highest BCUT2D eigenvalue weighted by Gasteiger charge is 2.14. The van der Waals surface area contributed by atoms with E-state index in [0.29, 0.717) is 16.6 Å². The number of anilines is 1. The molecule has 2 rings (SSSR count). The number of aromatic nitrogens is 1. The number of primary sulfonamides is 1. The van der Waals surface area contributed by atoms with Crippen molar-refractivity contribution in [3.8, 4) is 0 Å².